The topological polar surface area (TPSA) is 118 Å². The predicted octanol–water partition coefficient (Wildman–Crippen LogP) is 3.38. The fraction of sp³-hybridized carbons (Fsp3) is 0.458. The maximum atomic E-state index is 11.1. The minimum Gasteiger partial charge on any atom is -0.490 e. The number of aliphatic hydroxyl groups excluding tert-OH is 2. The molecule has 9 heteroatoms. The van der Waals surface area contributed by atoms with E-state index in [0.717, 1.165) is 28.0 Å². The van der Waals surface area contributed by atoms with Crippen LogP contribution in [0.1, 0.15) is 36.8 Å². The summed E-state index contributed by atoms with van der Waals surface area (Å²) in [6.45, 7) is 7.74. The number of nitrogens with zero attached hydrogens (tertiary/aromatic N) is 2. The summed E-state index contributed by atoms with van der Waals surface area (Å²) in [6.07, 6.45) is 0.842. The van der Waals surface area contributed by atoms with E-state index in [-0.39, 0.29) is 13.2 Å². The SMILES string of the molecule is CCc1cc(-c2nnc(-c3ccc(CC(C)C)s3)o2)cc(C)c1OCC(O)CNC(=O)CO. The summed E-state index contributed by atoms with van der Waals surface area (Å²) >= 11 is 1.67. The largest absolute Gasteiger partial charge is 0.490 e. The molecule has 2 heterocycles. The van der Waals surface area contributed by atoms with Gasteiger partial charge in [-0.3, -0.25) is 4.79 Å². The van der Waals surface area contributed by atoms with E-state index in [4.69, 9.17) is 14.3 Å². The first-order valence-corrected chi connectivity index (χ1v) is 11.9. The molecule has 8 nitrogen and oxygen atoms in total. The summed E-state index contributed by atoms with van der Waals surface area (Å²) in [4.78, 5) is 13.4. The number of carbonyl (C=O) groups is 1. The molecule has 1 aromatic carbocycles. The van der Waals surface area contributed by atoms with Gasteiger partial charge in [-0.1, -0.05) is 20.8 Å². The third-order valence-electron chi connectivity index (χ3n) is 4.98. The van der Waals surface area contributed by atoms with Crippen molar-refractivity contribution in [1.29, 1.82) is 0 Å². The Bertz CT molecular complexity index is 1080. The Morgan fingerprint density at radius 2 is 2.00 bits per heavy atom. The van der Waals surface area contributed by atoms with Gasteiger partial charge in [0.25, 0.3) is 5.89 Å². The molecular weight excluding hydrogens is 442 g/mol. The van der Waals surface area contributed by atoms with E-state index in [0.29, 0.717) is 29.9 Å². The lowest BCUT2D eigenvalue weighted by Gasteiger charge is -2.17. The molecule has 0 aliphatic rings. The lowest BCUT2D eigenvalue weighted by Crippen LogP contribution is -2.36. The molecule has 0 aliphatic carbocycles. The number of thiophene rings is 1. The normalized spacial score (nSPS) is 12.2. The number of benzene rings is 1. The molecule has 0 fully saturated rings. The van der Waals surface area contributed by atoms with Crippen molar-refractivity contribution in [3.8, 4) is 28.0 Å². The first-order valence-electron chi connectivity index (χ1n) is 11.1. The number of ether oxygens (including phenoxy) is 1. The van der Waals surface area contributed by atoms with E-state index in [1.807, 2.05) is 32.0 Å². The molecule has 0 spiro atoms. The third-order valence-corrected chi connectivity index (χ3v) is 6.08. The summed E-state index contributed by atoms with van der Waals surface area (Å²) in [5, 5.41) is 29.7. The van der Waals surface area contributed by atoms with Crippen LogP contribution in [0.4, 0.5) is 0 Å². The monoisotopic (exact) mass is 473 g/mol. The van der Waals surface area contributed by atoms with Gasteiger partial charge in [-0.05, 0) is 61.1 Å². The molecule has 1 unspecified atom stereocenters. The van der Waals surface area contributed by atoms with Crippen molar-refractivity contribution in [3.63, 3.8) is 0 Å². The number of nitrogens with one attached hydrogen (secondary N) is 1. The fourth-order valence-corrected chi connectivity index (χ4v) is 4.55. The molecule has 0 aliphatic heterocycles. The van der Waals surface area contributed by atoms with Gasteiger partial charge in [0.1, 0.15) is 25.1 Å². The van der Waals surface area contributed by atoms with Crippen molar-refractivity contribution in [2.75, 3.05) is 19.8 Å². The molecular formula is C24H31N3O5S. The smallest absolute Gasteiger partial charge is 0.258 e. The first-order chi connectivity index (χ1) is 15.8. The molecule has 1 amide bonds. The number of aryl methyl sites for hydroxylation is 2. The second-order valence-corrected chi connectivity index (χ2v) is 9.51. The van der Waals surface area contributed by atoms with Crippen LogP contribution in [-0.4, -0.2) is 52.2 Å². The minimum absolute atomic E-state index is 0.00431. The van der Waals surface area contributed by atoms with Crippen LogP contribution in [0.3, 0.4) is 0 Å². The van der Waals surface area contributed by atoms with Crippen molar-refractivity contribution in [3.05, 3.63) is 40.3 Å². The number of carbonyl (C=O) groups excluding carboxylic acids is 1. The van der Waals surface area contributed by atoms with E-state index in [1.54, 1.807) is 11.3 Å². The average molecular weight is 474 g/mol. The van der Waals surface area contributed by atoms with Gasteiger partial charge < -0.3 is 24.7 Å². The van der Waals surface area contributed by atoms with Crippen LogP contribution in [0.5, 0.6) is 5.75 Å². The van der Waals surface area contributed by atoms with E-state index in [1.165, 1.54) is 4.88 Å². The van der Waals surface area contributed by atoms with Crippen LogP contribution < -0.4 is 10.1 Å². The van der Waals surface area contributed by atoms with Gasteiger partial charge in [0, 0.05) is 17.0 Å². The number of aliphatic hydroxyl groups is 2. The fourth-order valence-electron chi connectivity index (χ4n) is 3.41. The Balaban J connectivity index is 1.73. The second kappa shape index (κ2) is 11.4. The number of aromatic nitrogens is 2. The molecule has 0 saturated heterocycles. The summed E-state index contributed by atoms with van der Waals surface area (Å²) in [6, 6.07) is 8.01. The van der Waals surface area contributed by atoms with Crippen molar-refractivity contribution >= 4 is 17.2 Å². The van der Waals surface area contributed by atoms with Crippen LogP contribution in [0, 0.1) is 12.8 Å². The van der Waals surface area contributed by atoms with Gasteiger partial charge in [-0.15, -0.1) is 21.5 Å². The highest BCUT2D eigenvalue weighted by molar-refractivity contribution is 7.15. The number of hydrogen-bond acceptors (Lipinski definition) is 8. The quantitative estimate of drug-likeness (QED) is 0.391. The highest BCUT2D eigenvalue weighted by atomic mass is 32.1. The third kappa shape index (κ3) is 6.63. The highest BCUT2D eigenvalue weighted by Gasteiger charge is 2.17. The Hall–Kier alpha value is -2.75. The van der Waals surface area contributed by atoms with Gasteiger partial charge in [0.15, 0.2) is 0 Å². The minimum atomic E-state index is -0.894. The Morgan fingerprint density at radius 1 is 1.24 bits per heavy atom. The van der Waals surface area contributed by atoms with E-state index < -0.39 is 18.6 Å². The number of amides is 1. The molecule has 2 aromatic heterocycles. The van der Waals surface area contributed by atoms with Crippen LogP contribution >= 0.6 is 11.3 Å². The van der Waals surface area contributed by atoms with Crippen LogP contribution in [-0.2, 0) is 17.6 Å². The van der Waals surface area contributed by atoms with E-state index in [2.05, 4.69) is 35.4 Å². The molecule has 3 rings (SSSR count). The number of hydrogen-bond donors (Lipinski definition) is 3. The maximum absolute atomic E-state index is 11.1. The first kappa shape index (κ1) is 24.9. The van der Waals surface area contributed by atoms with Crippen molar-refractivity contribution in [2.24, 2.45) is 5.92 Å². The summed E-state index contributed by atoms with van der Waals surface area (Å²) in [5.74, 6) is 1.69. The van der Waals surface area contributed by atoms with Crippen LogP contribution in [0.15, 0.2) is 28.7 Å². The summed E-state index contributed by atoms with van der Waals surface area (Å²) in [5.41, 5.74) is 2.64. The summed E-state index contributed by atoms with van der Waals surface area (Å²) in [7, 11) is 0. The molecule has 1 atom stereocenters. The van der Waals surface area contributed by atoms with Gasteiger partial charge in [0.05, 0.1) is 4.88 Å². The zero-order valence-corrected chi connectivity index (χ0v) is 20.2. The van der Waals surface area contributed by atoms with Crippen molar-refractivity contribution in [2.45, 2.75) is 46.6 Å². The Labute approximate surface area is 197 Å². The summed E-state index contributed by atoms with van der Waals surface area (Å²) < 4.78 is 11.8. The average Bonchev–Trinajstić information content (AvgIpc) is 3.45. The Morgan fingerprint density at radius 3 is 2.70 bits per heavy atom. The predicted molar refractivity (Wildman–Crippen MR) is 127 cm³/mol. The molecule has 178 valence electrons. The molecule has 3 N–H and O–H groups in total. The molecule has 3 aromatic rings. The van der Waals surface area contributed by atoms with Gasteiger partial charge in [0.2, 0.25) is 11.8 Å². The molecule has 33 heavy (non-hydrogen) atoms. The highest BCUT2D eigenvalue weighted by Crippen LogP contribution is 2.34. The lowest BCUT2D eigenvalue weighted by molar-refractivity contribution is -0.124. The zero-order valence-electron chi connectivity index (χ0n) is 19.4. The molecule has 0 saturated carbocycles. The second-order valence-electron chi connectivity index (χ2n) is 8.34. The van der Waals surface area contributed by atoms with Crippen LogP contribution in [0.25, 0.3) is 22.2 Å². The Kier molecular flexibility index (Phi) is 8.60. The van der Waals surface area contributed by atoms with Crippen LogP contribution in [0.2, 0.25) is 0 Å². The molecule has 0 radical (unpaired) electrons. The number of rotatable bonds is 11. The van der Waals surface area contributed by atoms with Crippen molar-refractivity contribution in [1.82, 2.24) is 15.5 Å². The maximum Gasteiger partial charge on any atom is 0.258 e. The van der Waals surface area contributed by atoms with Crippen molar-refractivity contribution < 1.29 is 24.2 Å². The zero-order chi connectivity index (χ0) is 24.0. The van der Waals surface area contributed by atoms with Gasteiger partial charge in [-0.25, -0.2) is 0 Å². The van der Waals surface area contributed by atoms with Gasteiger partial charge in [-0.2, -0.15) is 0 Å². The van der Waals surface area contributed by atoms with E-state index in [9.17, 15) is 9.90 Å². The van der Waals surface area contributed by atoms with Gasteiger partial charge >= 0.3 is 0 Å². The van der Waals surface area contributed by atoms with E-state index >= 15 is 0 Å². The lowest BCUT2D eigenvalue weighted by atomic mass is 10.0. The standard InChI is InChI=1S/C24H31N3O5S/c1-5-16-10-17(9-15(4)22(16)31-13-18(29)11-25-21(30)12-28)23-26-27-24(32-23)20-7-6-19(33-20)8-14(2)3/h6-7,9-10,14,18,28-29H,5,8,11-13H2,1-4H3,(H,25,30). The molecule has 0 bridgehead atoms.